The molecule has 0 unspecified atom stereocenters. The fourth-order valence-corrected chi connectivity index (χ4v) is 0.859. The largest absolute Gasteiger partial charge is 0.358 e. The summed E-state index contributed by atoms with van der Waals surface area (Å²) in [4.78, 5) is 12.6. The van der Waals surface area contributed by atoms with Crippen molar-refractivity contribution in [1.82, 2.24) is 4.90 Å². The molecule has 0 spiro atoms. The highest BCUT2D eigenvalue weighted by atomic mass is 16.5. The molecular weight excluding hydrogens is 154 g/mol. The fraction of sp³-hybridized carbons (Fsp3) is 0.444. The van der Waals surface area contributed by atoms with Crippen molar-refractivity contribution in [1.29, 1.82) is 0 Å². The maximum Gasteiger partial charge on any atom is 0.252 e. The van der Waals surface area contributed by atoms with Crippen molar-refractivity contribution < 1.29 is 9.53 Å². The Labute approximate surface area is 72.3 Å². The summed E-state index contributed by atoms with van der Waals surface area (Å²) in [7, 11) is 0. The second-order valence-corrected chi connectivity index (χ2v) is 2.94. The molecule has 3 nitrogen and oxygen atoms in total. The topological polar surface area (TPSA) is 29.5 Å². The monoisotopic (exact) mass is 167 g/mol. The van der Waals surface area contributed by atoms with Crippen LogP contribution in [0.5, 0.6) is 0 Å². The highest BCUT2D eigenvalue weighted by Gasteiger charge is 2.18. The number of carbonyl (C=O) groups excluding carboxylic acids is 1. The van der Waals surface area contributed by atoms with Gasteiger partial charge in [0.05, 0.1) is 6.10 Å². The average Bonchev–Trinajstić information content (AvgIpc) is 2.28. The third-order valence-corrected chi connectivity index (χ3v) is 1.57. The number of allylic oxidation sites excluding steroid dienone is 1. The molecule has 1 rings (SSSR count). The third kappa shape index (κ3) is 1.95. The fourth-order valence-electron chi connectivity index (χ4n) is 0.859. The molecule has 0 aromatic heterocycles. The van der Waals surface area contributed by atoms with Crippen molar-refractivity contribution in [2.75, 3.05) is 6.73 Å². The average molecular weight is 167 g/mol. The van der Waals surface area contributed by atoms with Crippen LogP contribution in [0.2, 0.25) is 0 Å². The van der Waals surface area contributed by atoms with Crippen LogP contribution in [-0.4, -0.2) is 23.6 Å². The molecule has 0 aliphatic carbocycles. The van der Waals surface area contributed by atoms with E-state index in [4.69, 9.17) is 4.74 Å². The van der Waals surface area contributed by atoms with E-state index in [9.17, 15) is 4.79 Å². The van der Waals surface area contributed by atoms with Crippen molar-refractivity contribution in [3.63, 3.8) is 0 Å². The second kappa shape index (κ2) is 3.54. The normalized spacial score (nSPS) is 16.8. The first-order valence-electron chi connectivity index (χ1n) is 3.91. The summed E-state index contributed by atoms with van der Waals surface area (Å²) in [6.45, 7) is 7.85. The van der Waals surface area contributed by atoms with Gasteiger partial charge in [0.1, 0.15) is 6.73 Å². The molecule has 0 radical (unpaired) electrons. The SMILES string of the molecule is C=C1C=CC(=O)N1COC(C)C. The van der Waals surface area contributed by atoms with Crippen LogP contribution in [0, 0.1) is 0 Å². The molecule has 1 heterocycles. The van der Waals surface area contributed by atoms with Crippen LogP contribution in [0.15, 0.2) is 24.4 Å². The minimum atomic E-state index is -0.0550. The number of amides is 1. The standard InChI is InChI=1S/C9H13NO2/c1-7(2)12-6-10-8(3)4-5-9(10)11/h4-5,7H,3,6H2,1-2H3. The van der Waals surface area contributed by atoms with Crippen LogP contribution in [0.1, 0.15) is 13.8 Å². The quantitative estimate of drug-likeness (QED) is 0.633. The lowest BCUT2D eigenvalue weighted by molar-refractivity contribution is -0.128. The molecule has 0 aromatic rings. The predicted octanol–water partition coefficient (Wildman–Crippen LogP) is 1.28. The van der Waals surface area contributed by atoms with E-state index in [-0.39, 0.29) is 12.0 Å². The van der Waals surface area contributed by atoms with Crippen LogP contribution >= 0.6 is 0 Å². The van der Waals surface area contributed by atoms with Gasteiger partial charge in [0.15, 0.2) is 0 Å². The summed E-state index contributed by atoms with van der Waals surface area (Å²) < 4.78 is 5.27. The predicted molar refractivity (Wildman–Crippen MR) is 46.2 cm³/mol. The van der Waals surface area contributed by atoms with E-state index in [1.165, 1.54) is 11.0 Å². The molecular formula is C9H13NO2. The van der Waals surface area contributed by atoms with Gasteiger partial charge < -0.3 is 4.74 Å². The molecule has 0 N–H and O–H groups in total. The summed E-state index contributed by atoms with van der Waals surface area (Å²) >= 11 is 0. The highest BCUT2D eigenvalue weighted by Crippen LogP contribution is 2.12. The van der Waals surface area contributed by atoms with Crippen LogP contribution in [-0.2, 0) is 9.53 Å². The Kier molecular flexibility index (Phi) is 2.65. The summed E-state index contributed by atoms with van der Waals surface area (Å²) in [6.07, 6.45) is 3.31. The van der Waals surface area contributed by atoms with Gasteiger partial charge in [0, 0.05) is 11.8 Å². The first-order chi connectivity index (χ1) is 5.61. The van der Waals surface area contributed by atoms with E-state index in [2.05, 4.69) is 6.58 Å². The third-order valence-electron chi connectivity index (χ3n) is 1.57. The van der Waals surface area contributed by atoms with Gasteiger partial charge >= 0.3 is 0 Å². The van der Waals surface area contributed by atoms with E-state index in [0.717, 1.165) is 0 Å². The maximum atomic E-state index is 11.1. The Bertz CT molecular complexity index is 213. The van der Waals surface area contributed by atoms with E-state index in [0.29, 0.717) is 12.4 Å². The van der Waals surface area contributed by atoms with Gasteiger partial charge in [-0.1, -0.05) is 6.58 Å². The number of hydrogen-bond acceptors (Lipinski definition) is 2. The Morgan fingerprint density at radius 2 is 2.25 bits per heavy atom. The van der Waals surface area contributed by atoms with Gasteiger partial charge in [-0.15, -0.1) is 0 Å². The molecule has 0 saturated carbocycles. The number of nitrogens with zero attached hydrogens (tertiary/aromatic N) is 1. The van der Waals surface area contributed by atoms with Gasteiger partial charge in [0.25, 0.3) is 5.91 Å². The van der Waals surface area contributed by atoms with Gasteiger partial charge in [-0.2, -0.15) is 0 Å². The summed E-state index contributed by atoms with van der Waals surface area (Å²) in [5.74, 6) is -0.0550. The minimum absolute atomic E-state index is 0.0550. The second-order valence-electron chi connectivity index (χ2n) is 2.94. The number of carbonyl (C=O) groups is 1. The van der Waals surface area contributed by atoms with Gasteiger partial charge in [-0.25, -0.2) is 0 Å². The molecule has 0 fully saturated rings. The Balaban J connectivity index is 2.43. The zero-order valence-corrected chi connectivity index (χ0v) is 7.41. The molecule has 12 heavy (non-hydrogen) atoms. The minimum Gasteiger partial charge on any atom is -0.358 e. The Morgan fingerprint density at radius 3 is 2.67 bits per heavy atom. The van der Waals surface area contributed by atoms with Crippen molar-refractivity contribution in [3.8, 4) is 0 Å². The maximum absolute atomic E-state index is 11.1. The summed E-state index contributed by atoms with van der Waals surface area (Å²) in [6, 6.07) is 0. The van der Waals surface area contributed by atoms with E-state index >= 15 is 0 Å². The molecule has 3 heteroatoms. The molecule has 1 aliphatic rings. The zero-order chi connectivity index (χ0) is 9.14. The van der Waals surface area contributed by atoms with Crippen LogP contribution < -0.4 is 0 Å². The van der Waals surface area contributed by atoms with Gasteiger partial charge in [-0.05, 0) is 19.9 Å². The van der Waals surface area contributed by atoms with Crippen molar-refractivity contribution in [3.05, 3.63) is 24.4 Å². The van der Waals surface area contributed by atoms with Crippen LogP contribution in [0.25, 0.3) is 0 Å². The number of ether oxygens (including phenoxy) is 1. The molecule has 66 valence electrons. The van der Waals surface area contributed by atoms with Crippen LogP contribution in [0.3, 0.4) is 0 Å². The lowest BCUT2D eigenvalue weighted by Gasteiger charge is -2.18. The highest BCUT2D eigenvalue weighted by molar-refractivity contribution is 5.92. The molecule has 0 saturated heterocycles. The van der Waals surface area contributed by atoms with Gasteiger partial charge in [-0.3, -0.25) is 9.69 Å². The zero-order valence-electron chi connectivity index (χ0n) is 7.41. The Morgan fingerprint density at radius 1 is 1.58 bits per heavy atom. The summed E-state index contributed by atoms with van der Waals surface area (Å²) in [5, 5.41) is 0. The van der Waals surface area contributed by atoms with Crippen LogP contribution in [0.4, 0.5) is 0 Å². The lowest BCUT2D eigenvalue weighted by atomic mass is 10.5. The summed E-state index contributed by atoms with van der Waals surface area (Å²) in [5.41, 5.74) is 0.695. The molecule has 0 bridgehead atoms. The van der Waals surface area contributed by atoms with E-state index in [1.807, 2.05) is 13.8 Å². The number of hydrogen-bond donors (Lipinski definition) is 0. The first-order valence-corrected chi connectivity index (χ1v) is 3.91. The Hall–Kier alpha value is -1.09. The van der Waals surface area contributed by atoms with Crippen molar-refractivity contribution in [2.45, 2.75) is 20.0 Å². The molecule has 1 amide bonds. The van der Waals surface area contributed by atoms with Crippen molar-refractivity contribution >= 4 is 5.91 Å². The molecule has 0 aromatic carbocycles. The first kappa shape index (κ1) is 9.00. The van der Waals surface area contributed by atoms with Crippen molar-refractivity contribution in [2.24, 2.45) is 0 Å². The molecule has 1 aliphatic heterocycles. The van der Waals surface area contributed by atoms with E-state index in [1.54, 1.807) is 6.08 Å². The van der Waals surface area contributed by atoms with E-state index < -0.39 is 0 Å². The molecule has 0 atom stereocenters. The number of rotatable bonds is 3. The lowest BCUT2D eigenvalue weighted by Crippen LogP contribution is -2.27. The smallest absolute Gasteiger partial charge is 0.252 e. The van der Waals surface area contributed by atoms with Gasteiger partial charge in [0.2, 0.25) is 0 Å².